The Morgan fingerprint density at radius 1 is 1.25 bits per heavy atom. The van der Waals surface area contributed by atoms with Gasteiger partial charge in [0.1, 0.15) is 17.1 Å². The fraction of sp³-hybridized carbons (Fsp3) is 0.562. The molecule has 0 aliphatic heterocycles. The number of carboxylic acid groups (broad SMARTS) is 1. The molecule has 1 aromatic carbocycles. The van der Waals surface area contributed by atoms with Crippen molar-refractivity contribution in [2.45, 2.75) is 52.6 Å². The Hall–Kier alpha value is -1.71. The van der Waals surface area contributed by atoms with Crippen molar-refractivity contribution in [2.75, 3.05) is 6.61 Å². The maximum absolute atomic E-state index is 11.2. The Morgan fingerprint density at radius 2 is 1.95 bits per heavy atom. The molecule has 1 N–H and O–H groups in total. The second kappa shape index (κ2) is 8.46. The summed E-state index contributed by atoms with van der Waals surface area (Å²) >= 11 is 0. The second-order valence-corrected chi connectivity index (χ2v) is 4.72. The molecule has 4 nitrogen and oxygen atoms in total. The van der Waals surface area contributed by atoms with Gasteiger partial charge in [-0.3, -0.25) is 0 Å². The van der Waals surface area contributed by atoms with Crippen molar-refractivity contribution in [3.63, 3.8) is 0 Å². The van der Waals surface area contributed by atoms with E-state index in [4.69, 9.17) is 14.6 Å². The molecule has 0 amide bonds. The molecule has 0 aliphatic carbocycles. The molecule has 4 heteroatoms. The van der Waals surface area contributed by atoms with E-state index in [0.29, 0.717) is 18.1 Å². The van der Waals surface area contributed by atoms with E-state index in [1.54, 1.807) is 18.2 Å². The number of rotatable bonds is 9. The van der Waals surface area contributed by atoms with Crippen LogP contribution >= 0.6 is 0 Å². The molecule has 112 valence electrons. The number of hydrogen-bond donors (Lipinski definition) is 1. The van der Waals surface area contributed by atoms with Crippen LogP contribution in [0.1, 0.15) is 56.8 Å². The zero-order chi connectivity index (χ0) is 15.0. The van der Waals surface area contributed by atoms with Crippen molar-refractivity contribution in [3.05, 3.63) is 23.8 Å². The van der Waals surface area contributed by atoms with Crippen LogP contribution in [0, 0.1) is 0 Å². The van der Waals surface area contributed by atoms with Crippen molar-refractivity contribution in [1.82, 2.24) is 0 Å². The fourth-order valence-electron chi connectivity index (χ4n) is 1.85. The van der Waals surface area contributed by atoms with Gasteiger partial charge in [0.05, 0.1) is 12.7 Å². The lowest BCUT2D eigenvalue weighted by molar-refractivity contribution is 0.0692. The Morgan fingerprint density at radius 3 is 2.50 bits per heavy atom. The maximum atomic E-state index is 11.2. The molecular formula is C16H24O4. The van der Waals surface area contributed by atoms with Crippen LogP contribution in [0.15, 0.2) is 18.2 Å². The molecule has 0 saturated heterocycles. The summed E-state index contributed by atoms with van der Waals surface area (Å²) in [6, 6.07) is 4.91. The maximum Gasteiger partial charge on any atom is 0.339 e. The van der Waals surface area contributed by atoms with E-state index < -0.39 is 5.97 Å². The zero-order valence-electron chi connectivity index (χ0n) is 12.5. The Labute approximate surface area is 120 Å². The highest BCUT2D eigenvalue weighted by molar-refractivity contribution is 5.91. The highest BCUT2D eigenvalue weighted by Crippen LogP contribution is 2.26. The smallest absolute Gasteiger partial charge is 0.339 e. The Kier molecular flexibility index (Phi) is 6.91. The molecule has 0 atom stereocenters. The van der Waals surface area contributed by atoms with E-state index >= 15 is 0 Å². The lowest BCUT2D eigenvalue weighted by atomic mass is 10.2. The number of aromatic carboxylic acids is 1. The highest BCUT2D eigenvalue weighted by atomic mass is 16.5. The van der Waals surface area contributed by atoms with Gasteiger partial charge in [0.15, 0.2) is 0 Å². The summed E-state index contributed by atoms with van der Waals surface area (Å²) in [5.41, 5.74) is 0.179. The van der Waals surface area contributed by atoms with Crippen molar-refractivity contribution in [1.29, 1.82) is 0 Å². The summed E-state index contributed by atoms with van der Waals surface area (Å²) in [6.07, 6.45) is 3.89. The van der Waals surface area contributed by atoms with Gasteiger partial charge in [0.2, 0.25) is 0 Å². The molecule has 0 unspecified atom stereocenters. The molecule has 1 rings (SSSR count). The van der Waals surface area contributed by atoms with Crippen LogP contribution in [0.2, 0.25) is 0 Å². The van der Waals surface area contributed by atoms with Crippen LogP contribution in [0.3, 0.4) is 0 Å². The molecule has 0 fully saturated rings. The lowest BCUT2D eigenvalue weighted by Crippen LogP contribution is -2.14. The van der Waals surface area contributed by atoms with Gasteiger partial charge in [-0.15, -0.1) is 0 Å². The minimum atomic E-state index is -0.981. The average molecular weight is 280 g/mol. The van der Waals surface area contributed by atoms with Crippen molar-refractivity contribution in [3.8, 4) is 11.5 Å². The van der Waals surface area contributed by atoms with Crippen LogP contribution in [-0.4, -0.2) is 23.8 Å². The third-order valence-electron chi connectivity index (χ3n) is 3.15. The summed E-state index contributed by atoms with van der Waals surface area (Å²) in [4.78, 5) is 11.2. The Bertz CT molecular complexity index is 424. The molecule has 0 bridgehead atoms. The molecule has 0 aliphatic rings. The van der Waals surface area contributed by atoms with Crippen molar-refractivity contribution < 1.29 is 19.4 Å². The first-order valence-corrected chi connectivity index (χ1v) is 7.29. The molecular weight excluding hydrogens is 256 g/mol. The van der Waals surface area contributed by atoms with Gasteiger partial charge in [-0.1, -0.05) is 27.2 Å². The number of ether oxygens (including phenoxy) is 2. The van der Waals surface area contributed by atoms with Gasteiger partial charge in [0, 0.05) is 6.07 Å². The number of hydrogen-bond acceptors (Lipinski definition) is 3. The van der Waals surface area contributed by atoms with Crippen LogP contribution in [0.4, 0.5) is 0 Å². The molecule has 0 spiro atoms. The lowest BCUT2D eigenvalue weighted by Gasteiger charge is -2.17. The van der Waals surface area contributed by atoms with E-state index in [0.717, 1.165) is 25.7 Å². The first kappa shape index (κ1) is 16.3. The van der Waals surface area contributed by atoms with Gasteiger partial charge >= 0.3 is 5.97 Å². The van der Waals surface area contributed by atoms with Crippen LogP contribution in [0.5, 0.6) is 11.5 Å². The van der Waals surface area contributed by atoms with Gasteiger partial charge in [-0.2, -0.15) is 0 Å². The summed E-state index contributed by atoms with van der Waals surface area (Å²) in [5, 5.41) is 9.17. The van der Waals surface area contributed by atoms with E-state index in [-0.39, 0.29) is 11.7 Å². The van der Waals surface area contributed by atoms with Gasteiger partial charge in [0.25, 0.3) is 0 Å². The molecule has 0 heterocycles. The molecule has 0 aromatic heterocycles. The minimum absolute atomic E-state index is 0.147. The van der Waals surface area contributed by atoms with Crippen molar-refractivity contribution >= 4 is 5.97 Å². The molecule has 0 saturated carbocycles. The number of carboxylic acids is 1. The fourth-order valence-corrected chi connectivity index (χ4v) is 1.85. The molecule has 1 aromatic rings. The summed E-state index contributed by atoms with van der Waals surface area (Å²) < 4.78 is 11.4. The first-order chi connectivity index (χ1) is 9.62. The summed E-state index contributed by atoms with van der Waals surface area (Å²) in [5.74, 6) is 0.0650. The third-order valence-corrected chi connectivity index (χ3v) is 3.15. The quantitative estimate of drug-likeness (QED) is 0.691. The van der Waals surface area contributed by atoms with Crippen molar-refractivity contribution in [2.24, 2.45) is 0 Å². The first-order valence-electron chi connectivity index (χ1n) is 7.29. The topological polar surface area (TPSA) is 55.8 Å². The van der Waals surface area contributed by atoms with Crippen LogP contribution in [0.25, 0.3) is 0 Å². The number of benzene rings is 1. The van der Waals surface area contributed by atoms with Crippen LogP contribution in [-0.2, 0) is 0 Å². The van der Waals surface area contributed by atoms with E-state index in [1.807, 2.05) is 0 Å². The van der Waals surface area contributed by atoms with Gasteiger partial charge in [-0.05, 0) is 31.4 Å². The standard InChI is InChI=1S/C16H24O4/c1-4-7-10-19-15-11-13(20-12(5-2)6-3)8-9-14(15)16(17)18/h8-9,11-12H,4-7,10H2,1-3H3,(H,17,18). The van der Waals surface area contributed by atoms with E-state index in [9.17, 15) is 4.79 Å². The third kappa shape index (κ3) is 4.76. The van der Waals surface area contributed by atoms with Gasteiger partial charge in [-0.25, -0.2) is 4.79 Å². The number of carbonyl (C=O) groups is 1. The average Bonchev–Trinajstić information content (AvgIpc) is 2.45. The monoisotopic (exact) mass is 280 g/mol. The summed E-state index contributed by atoms with van der Waals surface area (Å²) in [7, 11) is 0. The minimum Gasteiger partial charge on any atom is -0.493 e. The number of unbranched alkanes of at least 4 members (excludes halogenated alkanes) is 1. The Balaban J connectivity index is 2.88. The largest absolute Gasteiger partial charge is 0.493 e. The normalized spacial score (nSPS) is 10.6. The molecule has 0 radical (unpaired) electrons. The van der Waals surface area contributed by atoms with Crippen LogP contribution < -0.4 is 9.47 Å². The summed E-state index contributed by atoms with van der Waals surface area (Å²) in [6.45, 7) is 6.72. The van der Waals surface area contributed by atoms with E-state index in [1.165, 1.54) is 0 Å². The predicted octanol–water partition coefficient (Wildman–Crippen LogP) is 4.13. The highest BCUT2D eigenvalue weighted by Gasteiger charge is 2.14. The SMILES string of the molecule is CCCCOc1cc(OC(CC)CC)ccc1C(=O)O. The molecule has 20 heavy (non-hydrogen) atoms. The van der Waals surface area contributed by atoms with Gasteiger partial charge < -0.3 is 14.6 Å². The van der Waals surface area contributed by atoms with E-state index in [2.05, 4.69) is 20.8 Å². The predicted molar refractivity (Wildman–Crippen MR) is 78.8 cm³/mol. The second-order valence-electron chi connectivity index (χ2n) is 4.72. The zero-order valence-corrected chi connectivity index (χ0v) is 12.5.